The first kappa shape index (κ1) is 23.5. The van der Waals surface area contributed by atoms with E-state index in [1.54, 1.807) is 42.4 Å². The molecule has 1 aliphatic heterocycles. The Morgan fingerprint density at radius 3 is 2.75 bits per heavy atom. The van der Waals surface area contributed by atoms with E-state index in [1.165, 1.54) is 0 Å². The summed E-state index contributed by atoms with van der Waals surface area (Å²) in [5.74, 6) is 0.375. The van der Waals surface area contributed by atoms with Gasteiger partial charge in [0.05, 0.1) is 48.0 Å². The summed E-state index contributed by atoms with van der Waals surface area (Å²) in [6.45, 7) is 1.31. The summed E-state index contributed by atoms with van der Waals surface area (Å²) >= 11 is 0. The molecule has 36 heavy (non-hydrogen) atoms. The molecular formula is C26H26N8O2. The number of anilines is 2. The molecule has 2 aliphatic rings. The molecule has 10 nitrogen and oxygen atoms in total. The average Bonchev–Trinajstić information content (AvgIpc) is 3.57. The van der Waals surface area contributed by atoms with Gasteiger partial charge < -0.3 is 15.0 Å². The molecular weight excluding hydrogens is 456 g/mol. The van der Waals surface area contributed by atoms with Crippen molar-refractivity contribution in [1.29, 1.82) is 10.5 Å². The minimum absolute atomic E-state index is 0.00178. The molecule has 0 bridgehead atoms. The Morgan fingerprint density at radius 2 is 2.06 bits per heavy atom. The number of rotatable bonds is 7. The van der Waals surface area contributed by atoms with Crippen molar-refractivity contribution >= 4 is 17.5 Å². The standard InChI is InChI=1S/C26H26N8O2/c1-36-22-7-11-33(17-22)24(35)19-2-4-21(5-3-19)31-25-29-10-6-23(32-25)20-15-30-34(16-20)26(8-9-27)12-18(13-26)14-28/h2-6,10,15-16,18,22H,7-8,11-13,17H2,1H3,(H,29,31,32)/t18?,22-,26?/m0/s1. The number of ether oxygens (including phenoxy) is 1. The number of nitrogens with one attached hydrogen (secondary N) is 1. The van der Waals surface area contributed by atoms with Crippen molar-refractivity contribution < 1.29 is 9.53 Å². The Hall–Kier alpha value is -4.28. The summed E-state index contributed by atoms with van der Waals surface area (Å²) in [5.41, 5.74) is 2.45. The molecule has 2 fully saturated rings. The lowest BCUT2D eigenvalue weighted by Crippen LogP contribution is -2.46. The highest BCUT2D eigenvalue weighted by atomic mass is 16.5. The maximum atomic E-state index is 12.7. The van der Waals surface area contributed by atoms with E-state index in [9.17, 15) is 10.1 Å². The highest BCUT2D eigenvalue weighted by molar-refractivity contribution is 5.94. The van der Waals surface area contributed by atoms with E-state index >= 15 is 0 Å². The van der Waals surface area contributed by atoms with Crippen molar-refractivity contribution in [3.05, 3.63) is 54.5 Å². The van der Waals surface area contributed by atoms with E-state index in [1.807, 2.05) is 23.2 Å². The van der Waals surface area contributed by atoms with Crippen molar-refractivity contribution in [2.45, 2.75) is 37.3 Å². The predicted molar refractivity (Wildman–Crippen MR) is 131 cm³/mol. The molecule has 10 heteroatoms. The molecule has 1 atom stereocenters. The molecule has 1 aromatic carbocycles. The largest absolute Gasteiger partial charge is 0.380 e. The number of hydrogen-bond donors (Lipinski definition) is 1. The van der Waals surface area contributed by atoms with Crippen molar-refractivity contribution in [2.24, 2.45) is 5.92 Å². The van der Waals surface area contributed by atoms with E-state index in [2.05, 4.69) is 32.5 Å². The lowest BCUT2D eigenvalue weighted by atomic mass is 9.67. The molecule has 5 rings (SSSR count). The normalized spacial score (nSPS) is 22.9. The molecule has 0 spiro atoms. The number of carbonyl (C=O) groups excluding carboxylic acids is 1. The van der Waals surface area contributed by atoms with Crippen molar-refractivity contribution in [3.8, 4) is 23.4 Å². The fourth-order valence-electron chi connectivity index (χ4n) is 4.92. The minimum Gasteiger partial charge on any atom is -0.380 e. The van der Waals surface area contributed by atoms with Gasteiger partial charge in [0.25, 0.3) is 5.91 Å². The van der Waals surface area contributed by atoms with Crippen LogP contribution in [-0.2, 0) is 10.3 Å². The predicted octanol–water partition coefficient (Wildman–Crippen LogP) is 3.49. The van der Waals surface area contributed by atoms with Gasteiger partial charge in [0.1, 0.15) is 0 Å². The van der Waals surface area contributed by atoms with Crippen molar-refractivity contribution in [2.75, 3.05) is 25.5 Å². The molecule has 182 valence electrons. The zero-order chi connectivity index (χ0) is 25.1. The van der Waals surface area contributed by atoms with Gasteiger partial charge in [-0.05, 0) is 49.6 Å². The third-order valence-corrected chi connectivity index (χ3v) is 7.02. The number of amides is 1. The van der Waals surface area contributed by atoms with Crippen LogP contribution in [0.4, 0.5) is 11.6 Å². The van der Waals surface area contributed by atoms with Gasteiger partial charge >= 0.3 is 0 Å². The molecule has 3 heterocycles. The molecule has 1 amide bonds. The van der Waals surface area contributed by atoms with E-state index in [0.717, 1.165) is 17.7 Å². The van der Waals surface area contributed by atoms with Crippen LogP contribution in [0.3, 0.4) is 0 Å². The van der Waals surface area contributed by atoms with Gasteiger partial charge in [-0.3, -0.25) is 9.48 Å². The summed E-state index contributed by atoms with van der Waals surface area (Å²) in [4.78, 5) is 23.5. The number of aromatic nitrogens is 4. The molecule has 1 saturated heterocycles. The number of carbonyl (C=O) groups is 1. The molecule has 1 saturated carbocycles. The van der Waals surface area contributed by atoms with Crippen LogP contribution in [0.1, 0.15) is 36.0 Å². The summed E-state index contributed by atoms with van der Waals surface area (Å²) in [5, 5.41) is 26.1. The Bertz CT molecular complexity index is 1330. The summed E-state index contributed by atoms with van der Waals surface area (Å²) in [7, 11) is 1.67. The van der Waals surface area contributed by atoms with Gasteiger partial charge in [-0.15, -0.1) is 0 Å². The second-order valence-electron chi connectivity index (χ2n) is 9.33. The zero-order valence-electron chi connectivity index (χ0n) is 20.0. The van der Waals surface area contributed by atoms with Crippen LogP contribution in [-0.4, -0.2) is 56.9 Å². The number of hydrogen-bond acceptors (Lipinski definition) is 8. The first-order valence-electron chi connectivity index (χ1n) is 11.9. The first-order valence-corrected chi connectivity index (χ1v) is 11.9. The van der Waals surface area contributed by atoms with Crippen LogP contribution < -0.4 is 5.32 Å². The van der Waals surface area contributed by atoms with E-state index in [4.69, 9.17) is 10.00 Å². The van der Waals surface area contributed by atoms with Crippen molar-refractivity contribution in [1.82, 2.24) is 24.6 Å². The maximum absolute atomic E-state index is 12.7. The second-order valence-corrected chi connectivity index (χ2v) is 9.33. The van der Waals surface area contributed by atoms with Gasteiger partial charge in [-0.25, -0.2) is 9.97 Å². The minimum atomic E-state index is -0.430. The summed E-state index contributed by atoms with van der Waals surface area (Å²) < 4.78 is 7.16. The Morgan fingerprint density at radius 1 is 1.25 bits per heavy atom. The number of methoxy groups -OCH3 is 1. The fourth-order valence-corrected chi connectivity index (χ4v) is 4.92. The van der Waals surface area contributed by atoms with Gasteiger partial charge in [-0.2, -0.15) is 15.6 Å². The van der Waals surface area contributed by atoms with E-state index in [0.29, 0.717) is 49.6 Å². The number of nitrogens with zero attached hydrogens (tertiary/aromatic N) is 7. The molecule has 0 unspecified atom stereocenters. The molecule has 2 aromatic heterocycles. The maximum Gasteiger partial charge on any atom is 0.253 e. The second kappa shape index (κ2) is 9.76. The van der Waals surface area contributed by atoms with Crippen LogP contribution in [0.5, 0.6) is 0 Å². The topological polar surface area (TPSA) is 133 Å². The number of likely N-dealkylation sites (tertiary alicyclic amines) is 1. The van der Waals surface area contributed by atoms with Gasteiger partial charge in [0, 0.05) is 49.4 Å². The van der Waals surface area contributed by atoms with Crippen molar-refractivity contribution in [3.63, 3.8) is 0 Å². The molecule has 1 N–H and O–H groups in total. The van der Waals surface area contributed by atoms with Crippen LogP contribution in [0.15, 0.2) is 48.9 Å². The summed E-state index contributed by atoms with van der Waals surface area (Å²) in [6, 6.07) is 13.6. The molecule has 0 radical (unpaired) electrons. The van der Waals surface area contributed by atoms with Crippen LogP contribution in [0.25, 0.3) is 11.3 Å². The quantitative estimate of drug-likeness (QED) is 0.541. The Labute approximate surface area is 209 Å². The lowest BCUT2D eigenvalue weighted by Gasteiger charge is -2.43. The van der Waals surface area contributed by atoms with E-state index < -0.39 is 5.54 Å². The third kappa shape index (κ3) is 4.51. The number of benzene rings is 1. The highest BCUT2D eigenvalue weighted by Gasteiger charge is 2.46. The lowest BCUT2D eigenvalue weighted by molar-refractivity contribution is 0.0724. The molecule has 3 aromatic rings. The van der Waals surface area contributed by atoms with Crippen LogP contribution in [0.2, 0.25) is 0 Å². The van der Waals surface area contributed by atoms with E-state index in [-0.39, 0.29) is 17.9 Å². The number of nitriles is 2. The average molecular weight is 483 g/mol. The molecule has 1 aliphatic carbocycles. The van der Waals surface area contributed by atoms with Gasteiger partial charge in [-0.1, -0.05) is 0 Å². The first-order chi connectivity index (χ1) is 17.5. The summed E-state index contributed by atoms with van der Waals surface area (Å²) in [6.07, 6.45) is 7.78. The highest BCUT2D eigenvalue weighted by Crippen LogP contribution is 2.46. The monoisotopic (exact) mass is 482 g/mol. The van der Waals surface area contributed by atoms with Crippen LogP contribution >= 0.6 is 0 Å². The zero-order valence-corrected chi connectivity index (χ0v) is 20.0. The Kier molecular flexibility index (Phi) is 6.36. The SMILES string of the molecule is CO[C@H]1CCN(C(=O)c2ccc(Nc3nccc(-c4cnn(C5(CC#N)CC(C#N)C5)c4)n3)cc2)C1. The van der Waals surface area contributed by atoms with Gasteiger partial charge in [0.2, 0.25) is 5.95 Å². The van der Waals surface area contributed by atoms with Crippen LogP contribution in [0, 0.1) is 28.6 Å². The van der Waals surface area contributed by atoms with Gasteiger partial charge in [0.15, 0.2) is 0 Å². The fraction of sp³-hybridized carbons (Fsp3) is 0.385. The smallest absolute Gasteiger partial charge is 0.253 e. The third-order valence-electron chi connectivity index (χ3n) is 7.02. The Balaban J connectivity index is 1.27.